The molecule has 0 aliphatic rings. The summed E-state index contributed by atoms with van der Waals surface area (Å²) in [5.41, 5.74) is 1.67. The molecule has 0 spiro atoms. The van der Waals surface area contributed by atoms with Crippen LogP contribution in [0.3, 0.4) is 0 Å². The van der Waals surface area contributed by atoms with Crippen LogP contribution in [0, 0.1) is 0 Å². The molecule has 0 radical (unpaired) electrons. The monoisotopic (exact) mass is 342 g/mol. The summed E-state index contributed by atoms with van der Waals surface area (Å²) in [7, 11) is -4.45. The van der Waals surface area contributed by atoms with Crippen LogP contribution in [-0.2, 0) is 28.2 Å². The first kappa shape index (κ1) is 20.2. The lowest BCUT2D eigenvalue weighted by atomic mass is 9.74. The Bertz CT molecular complexity index is 599. The molecular formula is C18H31O4P. The van der Waals surface area contributed by atoms with E-state index in [0.29, 0.717) is 35.1 Å². The van der Waals surface area contributed by atoms with E-state index in [1.165, 1.54) is 0 Å². The Hall–Kier alpha value is -0.830. The maximum Gasteiger partial charge on any atom is 0.356 e. The van der Waals surface area contributed by atoms with Gasteiger partial charge in [-0.15, -0.1) is 0 Å². The first-order valence-corrected chi connectivity index (χ1v) is 9.76. The molecular weight excluding hydrogens is 311 g/mol. The largest absolute Gasteiger partial charge is 0.507 e. The number of benzene rings is 1. The average molecular weight is 342 g/mol. The lowest BCUT2D eigenvalue weighted by Crippen LogP contribution is -2.29. The normalized spacial score (nSPS) is 13.5. The van der Waals surface area contributed by atoms with Crippen LogP contribution in [0.2, 0.25) is 0 Å². The summed E-state index contributed by atoms with van der Waals surface area (Å²) in [5, 5.41) is 11.1. The zero-order valence-corrected chi connectivity index (χ0v) is 16.5. The second-order valence-electron chi connectivity index (χ2n) is 8.16. The van der Waals surface area contributed by atoms with Gasteiger partial charge in [-0.1, -0.05) is 55.4 Å². The molecule has 4 nitrogen and oxygen atoms in total. The van der Waals surface area contributed by atoms with Crippen molar-refractivity contribution in [1.29, 1.82) is 0 Å². The van der Waals surface area contributed by atoms with Crippen LogP contribution >= 0.6 is 7.60 Å². The van der Waals surface area contributed by atoms with E-state index in [9.17, 15) is 19.5 Å². The highest BCUT2D eigenvalue weighted by atomic mass is 31.2. The first-order chi connectivity index (χ1) is 10.2. The summed E-state index contributed by atoms with van der Waals surface area (Å²) in [5.74, 6) is 0.191. The lowest BCUT2D eigenvalue weighted by molar-refractivity contribution is 0.385. The van der Waals surface area contributed by atoms with E-state index in [2.05, 4.69) is 0 Å². The molecule has 3 N–H and O–H groups in total. The van der Waals surface area contributed by atoms with Crippen molar-refractivity contribution in [2.45, 2.75) is 79.1 Å². The molecule has 0 saturated heterocycles. The third-order valence-electron chi connectivity index (χ3n) is 4.15. The predicted molar refractivity (Wildman–Crippen MR) is 95.9 cm³/mol. The average Bonchev–Trinajstić information content (AvgIpc) is 2.31. The highest BCUT2D eigenvalue weighted by Gasteiger charge is 2.37. The molecule has 0 heterocycles. The third-order valence-corrected chi connectivity index (χ3v) is 5.27. The minimum absolute atomic E-state index is 0.121. The van der Waals surface area contributed by atoms with Gasteiger partial charge in [-0.2, -0.15) is 0 Å². The van der Waals surface area contributed by atoms with Gasteiger partial charge in [-0.25, -0.2) is 0 Å². The van der Waals surface area contributed by atoms with Gasteiger partial charge in [-0.3, -0.25) is 4.57 Å². The molecule has 0 amide bonds. The minimum Gasteiger partial charge on any atom is -0.507 e. The topological polar surface area (TPSA) is 77.8 Å². The Labute approximate surface area is 140 Å². The van der Waals surface area contributed by atoms with Crippen LogP contribution in [-0.4, -0.2) is 14.9 Å². The van der Waals surface area contributed by atoms with Crippen molar-refractivity contribution >= 4 is 12.9 Å². The SMILES string of the molecule is CCc1c(C(C)(C)C)c(O)c(C(C)(C)C)c(CC)c1P(=O)(O)O. The molecule has 0 bridgehead atoms. The van der Waals surface area contributed by atoms with Gasteiger partial charge in [0.05, 0.1) is 5.30 Å². The quantitative estimate of drug-likeness (QED) is 0.728. The summed E-state index contributed by atoms with van der Waals surface area (Å²) in [6.45, 7) is 15.5. The van der Waals surface area contributed by atoms with Crippen molar-refractivity contribution in [3.63, 3.8) is 0 Å². The molecule has 0 saturated carbocycles. The van der Waals surface area contributed by atoms with E-state index in [4.69, 9.17) is 0 Å². The first-order valence-electron chi connectivity index (χ1n) is 8.15. The van der Waals surface area contributed by atoms with Crippen molar-refractivity contribution in [3.05, 3.63) is 22.3 Å². The fourth-order valence-electron chi connectivity index (χ4n) is 3.49. The summed E-state index contributed by atoms with van der Waals surface area (Å²) in [6, 6.07) is 0. The summed E-state index contributed by atoms with van der Waals surface area (Å²) < 4.78 is 12.3. The van der Waals surface area contributed by atoms with Crippen molar-refractivity contribution in [2.75, 3.05) is 0 Å². The van der Waals surface area contributed by atoms with Crippen LogP contribution in [0.15, 0.2) is 0 Å². The van der Waals surface area contributed by atoms with Crippen LogP contribution in [0.25, 0.3) is 0 Å². The molecule has 1 aromatic rings. The molecule has 0 atom stereocenters. The number of phenolic OH excluding ortho intramolecular Hbond substituents is 1. The maximum atomic E-state index is 12.3. The van der Waals surface area contributed by atoms with Gasteiger partial charge >= 0.3 is 7.60 Å². The molecule has 1 rings (SSSR count). The van der Waals surface area contributed by atoms with Crippen molar-refractivity contribution in [1.82, 2.24) is 0 Å². The number of hydrogen-bond acceptors (Lipinski definition) is 2. The van der Waals surface area contributed by atoms with Crippen LogP contribution in [0.1, 0.15) is 77.6 Å². The number of rotatable bonds is 3. The Morgan fingerprint density at radius 1 is 0.826 bits per heavy atom. The van der Waals surface area contributed by atoms with Crippen molar-refractivity contribution < 1.29 is 19.5 Å². The molecule has 0 fully saturated rings. The Morgan fingerprint density at radius 2 is 1.13 bits per heavy atom. The highest BCUT2D eigenvalue weighted by Crippen LogP contribution is 2.48. The van der Waals surface area contributed by atoms with Gasteiger partial charge in [0.25, 0.3) is 0 Å². The molecule has 0 aliphatic carbocycles. The maximum absolute atomic E-state index is 12.3. The fourth-order valence-corrected chi connectivity index (χ4v) is 4.73. The van der Waals surface area contributed by atoms with Gasteiger partial charge < -0.3 is 14.9 Å². The third kappa shape index (κ3) is 3.81. The summed E-state index contributed by atoms with van der Waals surface area (Å²) >= 11 is 0. The van der Waals surface area contributed by atoms with Crippen molar-refractivity contribution in [3.8, 4) is 5.75 Å². The number of hydrogen-bond donors (Lipinski definition) is 3. The molecule has 0 aliphatic heterocycles. The Balaban J connectivity index is 4.24. The fraction of sp³-hybridized carbons (Fsp3) is 0.667. The summed E-state index contributed by atoms with van der Waals surface area (Å²) in [4.78, 5) is 20.0. The van der Waals surface area contributed by atoms with E-state index in [1.807, 2.05) is 55.4 Å². The van der Waals surface area contributed by atoms with Gasteiger partial charge in [0.1, 0.15) is 5.75 Å². The van der Waals surface area contributed by atoms with Gasteiger partial charge in [-0.05, 0) is 34.8 Å². The van der Waals surface area contributed by atoms with Crippen LogP contribution in [0.4, 0.5) is 0 Å². The smallest absolute Gasteiger partial charge is 0.356 e. The van der Waals surface area contributed by atoms with E-state index in [-0.39, 0.29) is 11.1 Å². The molecule has 1 aromatic carbocycles. The van der Waals surface area contributed by atoms with E-state index in [1.54, 1.807) is 0 Å². The Morgan fingerprint density at radius 3 is 1.30 bits per heavy atom. The molecule has 0 aromatic heterocycles. The standard InChI is InChI=1S/C18H31O4P/c1-9-11-13(17(3,4)5)15(19)14(18(6,7)8)12(10-2)16(11)23(20,21)22/h19H,9-10H2,1-8H3,(H2,20,21,22). The lowest BCUT2D eigenvalue weighted by Gasteiger charge is -2.34. The van der Waals surface area contributed by atoms with Gasteiger partial charge in [0, 0.05) is 11.1 Å². The van der Waals surface area contributed by atoms with E-state index >= 15 is 0 Å². The second kappa shape index (κ2) is 6.23. The van der Waals surface area contributed by atoms with Crippen LogP contribution in [0.5, 0.6) is 5.75 Å². The molecule has 0 unspecified atom stereocenters. The molecule has 23 heavy (non-hydrogen) atoms. The second-order valence-corrected chi connectivity index (χ2v) is 9.69. The van der Waals surface area contributed by atoms with Crippen molar-refractivity contribution in [2.24, 2.45) is 0 Å². The van der Waals surface area contributed by atoms with E-state index < -0.39 is 18.4 Å². The zero-order valence-electron chi connectivity index (χ0n) is 15.6. The number of phenols is 1. The number of aromatic hydroxyl groups is 1. The molecule has 132 valence electrons. The van der Waals surface area contributed by atoms with Crippen LogP contribution < -0.4 is 5.30 Å². The summed E-state index contributed by atoms with van der Waals surface area (Å²) in [6.07, 6.45) is 0.941. The molecule has 5 heteroatoms. The Kier molecular flexibility index (Phi) is 5.48. The predicted octanol–water partition coefficient (Wildman–Crippen LogP) is 3.92. The zero-order chi connectivity index (χ0) is 18.4. The van der Waals surface area contributed by atoms with Gasteiger partial charge in [0.15, 0.2) is 0 Å². The highest BCUT2D eigenvalue weighted by molar-refractivity contribution is 7.60. The minimum atomic E-state index is -4.45. The van der Waals surface area contributed by atoms with Gasteiger partial charge in [0.2, 0.25) is 0 Å². The van der Waals surface area contributed by atoms with E-state index in [0.717, 1.165) is 0 Å².